The maximum absolute atomic E-state index is 12.1. The summed E-state index contributed by atoms with van der Waals surface area (Å²) in [6, 6.07) is 7.40. The van der Waals surface area contributed by atoms with Crippen molar-refractivity contribution in [2.45, 2.75) is 46.6 Å². The normalized spacial score (nSPS) is 11.9. The molecule has 0 aliphatic carbocycles. The molecule has 0 aromatic heterocycles. The Morgan fingerprint density at radius 2 is 1.52 bits per heavy atom. The lowest BCUT2D eigenvalue weighted by molar-refractivity contribution is -0.122. The summed E-state index contributed by atoms with van der Waals surface area (Å²) < 4.78 is 25.6. The van der Waals surface area contributed by atoms with E-state index in [1.807, 2.05) is 32.9 Å². The van der Waals surface area contributed by atoms with Gasteiger partial charge in [0.15, 0.2) is 0 Å². The molecule has 1 aromatic rings. The van der Waals surface area contributed by atoms with Gasteiger partial charge in [-0.1, -0.05) is 0 Å². The van der Waals surface area contributed by atoms with E-state index in [0.29, 0.717) is 5.69 Å². The molecule has 0 aliphatic rings. The van der Waals surface area contributed by atoms with Crippen molar-refractivity contribution in [1.82, 2.24) is 5.32 Å². The lowest BCUT2D eigenvalue weighted by atomic mass is 10.1. The molecule has 0 bridgehead atoms. The SMILES string of the molecule is CCN(CC)c1ccc(N(CCC(=O)NC(C)(C)C)S(C)(=O)=O)cc1. The van der Waals surface area contributed by atoms with Gasteiger partial charge in [-0.3, -0.25) is 9.10 Å². The van der Waals surface area contributed by atoms with Crippen LogP contribution in [0.4, 0.5) is 11.4 Å². The Labute approximate surface area is 152 Å². The molecule has 0 saturated heterocycles. The molecule has 0 unspecified atom stereocenters. The van der Waals surface area contributed by atoms with Gasteiger partial charge in [0.2, 0.25) is 15.9 Å². The first-order chi connectivity index (χ1) is 11.5. The number of nitrogens with one attached hydrogen (secondary N) is 1. The third-order valence-electron chi connectivity index (χ3n) is 3.72. The van der Waals surface area contributed by atoms with E-state index in [4.69, 9.17) is 0 Å². The van der Waals surface area contributed by atoms with Crippen molar-refractivity contribution >= 4 is 27.3 Å². The van der Waals surface area contributed by atoms with Crippen LogP contribution >= 0.6 is 0 Å². The summed E-state index contributed by atoms with van der Waals surface area (Å²) in [6.45, 7) is 11.7. The molecule has 0 radical (unpaired) electrons. The summed E-state index contributed by atoms with van der Waals surface area (Å²) in [5, 5.41) is 2.85. The Balaban J connectivity index is 2.92. The fourth-order valence-electron chi connectivity index (χ4n) is 2.59. The number of amides is 1. The number of sulfonamides is 1. The van der Waals surface area contributed by atoms with Crippen LogP contribution in [0.2, 0.25) is 0 Å². The zero-order valence-electron chi connectivity index (χ0n) is 16.2. The second kappa shape index (κ2) is 8.56. The number of carbonyl (C=O) groups is 1. The van der Waals surface area contributed by atoms with E-state index in [1.54, 1.807) is 12.1 Å². The monoisotopic (exact) mass is 369 g/mol. The number of nitrogens with zero attached hydrogens (tertiary/aromatic N) is 2. The van der Waals surface area contributed by atoms with Gasteiger partial charge < -0.3 is 10.2 Å². The first-order valence-corrected chi connectivity index (χ1v) is 10.5. The summed E-state index contributed by atoms with van der Waals surface area (Å²) in [5.41, 5.74) is 1.29. The zero-order chi connectivity index (χ0) is 19.3. The van der Waals surface area contributed by atoms with Crippen LogP contribution in [-0.2, 0) is 14.8 Å². The highest BCUT2D eigenvalue weighted by molar-refractivity contribution is 7.92. The Bertz CT molecular complexity index is 660. The van der Waals surface area contributed by atoms with E-state index in [-0.39, 0.29) is 24.4 Å². The molecule has 6 nitrogen and oxygen atoms in total. The lowest BCUT2D eigenvalue weighted by Gasteiger charge is -2.26. The van der Waals surface area contributed by atoms with Gasteiger partial charge in [0.1, 0.15) is 0 Å². The predicted molar refractivity (Wildman–Crippen MR) is 105 cm³/mol. The van der Waals surface area contributed by atoms with Gasteiger partial charge in [-0.25, -0.2) is 8.42 Å². The van der Waals surface area contributed by atoms with Gasteiger partial charge in [-0.05, 0) is 58.9 Å². The standard InChI is InChI=1S/C18H31N3O3S/c1-7-20(8-2)15-9-11-16(12-10-15)21(25(6,23)24)14-13-17(22)19-18(3,4)5/h9-12H,7-8,13-14H2,1-6H3,(H,19,22). The number of hydrogen-bond donors (Lipinski definition) is 1. The van der Waals surface area contributed by atoms with Crippen molar-refractivity contribution in [2.24, 2.45) is 0 Å². The first kappa shape index (κ1) is 21.3. The minimum atomic E-state index is -3.46. The van der Waals surface area contributed by atoms with Crippen LogP contribution in [0.15, 0.2) is 24.3 Å². The van der Waals surface area contributed by atoms with E-state index < -0.39 is 10.0 Å². The molecule has 0 spiro atoms. The van der Waals surface area contributed by atoms with Crippen LogP contribution in [0.1, 0.15) is 41.0 Å². The summed E-state index contributed by atoms with van der Waals surface area (Å²) in [7, 11) is -3.46. The molecule has 0 aliphatic heterocycles. The summed E-state index contributed by atoms with van der Waals surface area (Å²) in [4.78, 5) is 14.2. The third-order valence-corrected chi connectivity index (χ3v) is 4.92. The highest BCUT2D eigenvalue weighted by atomic mass is 32.2. The quantitative estimate of drug-likeness (QED) is 0.765. The average Bonchev–Trinajstić information content (AvgIpc) is 2.47. The summed E-state index contributed by atoms with van der Waals surface area (Å²) in [5.74, 6) is -0.166. The molecular formula is C18H31N3O3S. The Morgan fingerprint density at radius 1 is 1.04 bits per heavy atom. The topological polar surface area (TPSA) is 69.7 Å². The van der Waals surface area contributed by atoms with E-state index in [0.717, 1.165) is 25.0 Å². The van der Waals surface area contributed by atoms with Crippen LogP contribution < -0.4 is 14.5 Å². The largest absolute Gasteiger partial charge is 0.372 e. The molecule has 142 valence electrons. The fourth-order valence-corrected chi connectivity index (χ4v) is 3.52. The molecule has 7 heteroatoms. The molecule has 0 heterocycles. The third kappa shape index (κ3) is 6.94. The van der Waals surface area contributed by atoms with Crippen molar-refractivity contribution in [3.8, 4) is 0 Å². The van der Waals surface area contributed by atoms with Crippen molar-refractivity contribution in [2.75, 3.05) is 35.1 Å². The van der Waals surface area contributed by atoms with Crippen LogP contribution in [0.3, 0.4) is 0 Å². The van der Waals surface area contributed by atoms with E-state index in [2.05, 4.69) is 24.1 Å². The molecule has 0 fully saturated rings. The average molecular weight is 370 g/mol. The van der Waals surface area contributed by atoms with Crippen molar-refractivity contribution < 1.29 is 13.2 Å². The van der Waals surface area contributed by atoms with Crippen LogP contribution in [0.25, 0.3) is 0 Å². The Morgan fingerprint density at radius 3 is 1.92 bits per heavy atom. The van der Waals surface area contributed by atoms with Gasteiger partial charge in [0.05, 0.1) is 11.9 Å². The van der Waals surface area contributed by atoms with Crippen LogP contribution in [-0.4, -0.2) is 45.8 Å². The zero-order valence-corrected chi connectivity index (χ0v) is 17.0. The highest BCUT2D eigenvalue weighted by Gasteiger charge is 2.20. The Hall–Kier alpha value is -1.76. The minimum absolute atomic E-state index is 0.113. The second-order valence-corrected chi connectivity index (χ2v) is 8.98. The summed E-state index contributed by atoms with van der Waals surface area (Å²) in [6.07, 6.45) is 1.27. The maximum Gasteiger partial charge on any atom is 0.232 e. The number of hydrogen-bond acceptors (Lipinski definition) is 4. The first-order valence-electron chi connectivity index (χ1n) is 8.61. The predicted octanol–water partition coefficient (Wildman–Crippen LogP) is 2.60. The van der Waals surface area contributed by atoms with Crippen molar-refractivity contribution in [3.05, 3.63) is 24.3 Å². The summed E-state index contributed by atoms with van der Waals surface area (Å²) >= 11 is 0. The van der Waals surface area contributed by atoms with E-state index in [9.17, 15) is 13.2 Å². The molecule has 0 atom stereocenters. The number of anilines is 2. The number of rotatable bonds is 8. The fraction of sp³-hybridized carbons (Fsp3) is 0.611. The van der Waals surface area contributed by atoms with E-state index >= 15 is 0 Å². The van der Waals surface area contributed by atoms with Crippen LogP contribution in [0, 0.1) is 0 Å². The van der Waals surface area contributed by atoms with Gasteiger partial charge in [0.25, 0.3) is 0 Å². The van der Waals surface area contributed by atoms with Crippen molar-refractivity contribution in [1.29, 1.82) is 0 Å². The second-order valence-electron chi connectivity index (χ2n) is 7.07. The highest BCUT2D eigenvalue weighted by Crippen LogP contribution is 2.23. The molecule has 1 N–H and O–H groups in total. The van der Waals surface area contributed by atoms with Gasteiger partial charge in [0, 0.05) is 37.3 Å². The molecule has 1 amide bonds. The molecule has 0 saturated carbocycles. The molecular weight excluding hydrogens is 338 g/mol. The molecule has 25 heavy (non-hydrogen) atoms. The lowest BCUT2D eigenvalue weighted by Crippen LogP contribution is -2.42. The number of benzene rings is 1. The maximum atomic E-state index is 12.1. The smallest absolute Gasteiger partial charge is 0.232 e. The van der Waals surface area contributed by atoms with E-state index in [1.165, 1.54) is 4.31 Å². The van der Waals surface area contributed by atoms with Crippen LogP contribution in [0.5, 0.6) is 0 Å². The molecule has 1 rings (SSSR count). The molecule has 1 aromatic carbocycles. The number of carbonyl (C=O) groups excluding carboxylic acids is 1. The van der Waals surface area contributed by atoms with Gasteiger partial charge >= 0.3 is 0 Å². The van der Waals surface area contributed by atoms with Gasteiger partial charge in [-0.2, -0.15) is 0 Å². The van der Waals surface area contributed by atoms with Gasteiger partial charge in [-0.15, -0.1) is 0 Å². The van der Waals surface area contributed by atoms with Crippen molar-refractivity contribution in [3.63, 3.8) is 0 Å². The Kier molecular flexibility index (Phi) is 7.29. The minimum Gasteiger partial charge on any atom is -0.372 e.